The molecule has 0 unspecified atom stereocenters. The molecule has 0 saturated carbocycles. The summed E-state index contributed by atoms with van der Waals surface area (Å²) in [5.74, 6) is 1.89. The molecule has 4 heteroatoms. The quantitative estimate of drug-likeness (QED) is 0.940. The molecule has 120 valence electrons. The Bertz CT molecular complexity index is 692. The number of hydrogen-bond donors (Lipinski definition) is 1. The van der Waals surface area contributed by atoms with Crippen LogP contribution in [0.3, 0.4) is 0 Å². The van der Waals surface area contributed by atoms with Crippen LogP contribution in [0.2, 0.25) is 0 Å². The molecule has 1 aliphatic rings. The van der Waals surface area contributed by atoms with Crippen LogP contribution < -0.4 is 14.8 Å². The Kier molecular flexibility index (Phi) is 4.51. The van der Waals surface area contributed by atoms with Gasteiger partial charge in [0.2, 0.25) is 0 Å². The molecule has 3 rings (SSSR count). The number of rotatable bonds is 4. The van der Waals surface area contributed by atoms with Crippen molar-refractivity contribution in [2.75, 3.05) is 13.2 Å². The highest BCUT2D eigenvalue weighted by Crippen LogP contribution is 2.30. The third-order valence-electron chi connectivity index (χ3n) is 3.90. The second-order valence-corrected chi connectivity index (χ2v) is 5.94. The zero-order valence-electron chi connectivity index (χ0n) is 13.5. The SMILES string of the molecule is CC(C)c1ccc(C(=O)NCc2ccc3c(c2)OCCO3)cc1. The van der Waals surface area contributed by atoms with Gasteiger partial charge in [-0.1, -0.05) is 32.0 Å². The summed E-state index contributed by atoms with van der Waals surface area (Å²) in [4.78, 5) is 12.2. The van der Waals surface area contributed by atoms with Gasteiger partial charge < -0.3 is 14.8 Å². The second-order valence-electron chi connectivity index (χ2n) is 5.94. The largest absolute Gasteiger partial charge is 0.486 e. The molecule has 0 saturated heterocycles. The summed E-state index contributed by atoms with van der Waals surface area (Å²) < 4.78 is 11.0. The lowest BCUT2D eigenvalue weighted by molar-refractivity contribution is 0.0950. The van der Waals surface area contributed by atoms with Crippen molar-refractivity contribution >= 4 is 5.91 Å². The van der Waals surface area contributed by atoms with E-state index in [0.29, 0.717) is 31.2 Å². The minimum atomic E-state index is -0.0739. The number of nitrogens with one attached hydrogen (secondary N) is 1. The van der Waals surface area contributed by atoms with Crippen LogP contribution >= 0.6 is 0 Å². The van der Waals surface area contributed by atoms with E-state index in [2.05, 4.69) is 19.2 Å². The number of amides is 1. The van der Waals surface area contributed by atoms with Gasteiger partial charge in [0.25, 0.3) is 5.91 Å². The number of hydrogen-bond acceptors (Lipinski definition) is 3. The van der Waals surface area contributed by atoms with Gasteiger partial charge in [-0.25, -0.2) is 0 Å². The summed E-state index contributed by atoms with van der Waals surface area (Å²) in [7, 11) is 0. The lowest BCUT2D eigenvalue weighted by atomic mass is 10.0. The summed E-state index contributed by atoms with van der Waals surface area (Å²) in [5.41, 5.74) is 2.89. The molecule has 0 bridgehead atoms. The van der Waals surface area contributed by atoms with Crippen LogP contribution in [-0.2, 0) is 6.54 Å². The van der Waals surface area contributed by atoms with E-state index in [1.54, 1.807) is 0 Å². The highest BCUT2D eigenvalue weighted by molar-refractivity contribution is 5.94. The molecule has 0 radical (unpaired) electrons. The number of ether oxygens (including phenoxy) is 2. The standard InChI is InChI=1S/C19H21NO3/c1-13(2)15-4-6-16(7-5-15)19(21)20-12-14-3-8-17-18(11-14)23-10-9-22-17/h3-8,11,13H,9-10,12H2,1-2H3,(H,20,21). The number of carbonyl (C=O) groups excluding carboxylic acids is 1. The smallest absolute Gasteiger partial charge is 0.251 e. The van der Waals surface area contributed by atoms with Crippen LogP contribution in [0.5, 0.6) is 11.5 Å². The van der Waals surface area contributed by atoms with Crippen molar-refractivity contribution < 1.29 is 14.3 Å². The van der Waals surface area contributed by atoms with E-state index in [1.165, 1.54) is 5.56 Å². The van der Waals surface area contributed by atoms with Crippen molar-refractivity contribution in [2.45, 2.75) is 26.3 Å². The summed E-state index contributed by atoms with van der Waals surface area (Å²) in [6.45, 7) is 5.87. The van der Waals surface area contributed by atoms with Crippen LogP contribution in [0.25, 0.3) is 0 Å². The first kappa shape index (κ1) is 15.4. The molecule has 23 heavy (non-hydrogen) atoms. The molecule has 1 amide bonds. The number of fused-ring (bicyclic) bond motifs is 1. The van der Waals surface area contributed by atoms with Gasteiger partial charge in [-0.15, -0.1) is 0 Å². The van der Waals surface area contributed by atoms with Crippen LogP contribution in [0.4, 0.5) is 0 Å². The maximum absolute atomic E-state index is 12.2. The lowest BCUT2D eigenvalue weighted by Gasteiger charge is -2.19. The fourth-order valence-electron chi connectivity index (χ4n) is 2.50. The average Bonchev–Trinajstić information content (AvgIpc) is 2.59. The summed E-state index contributed by atoms with van der Waals surface area (Å²) >= 11 is 0. The minimum absolute atomic E-state index is 0.0739. The van der Waals surface area contributed by atoms with Gasteiger partial charge in [-0.05, 0) is 41.3 Å². The fourth-order valence-corrected chi connectivity index (χ4v) is 2.50. The van der Waals surface area contributed by atoms with Crippen molar-refractivity contribution in [3.8, 4) is 11.5 Å². The van der Waals surface area contributed by atoms with Crippen LogP contribution in [-0.4, -0.2) is 19.1 Å². The zero-order chi connectivity index (χ0) is 16.2. The van der Waals surface area contributed by atoms with E-state index >= 15 is 0 Å². The zero-order valence-corrected chi connectivity index (χ0v) is 13.5. The van der Waals surface area contributed by atoms with Crippen LogP contribution in [0.15, 0.2) is 42.5 Å². The van der Waals surface area contributed by atoms with E-state index in [-0.39, 0.29) is 5.91 Å². The highest BCUT2D eigenvalue weighted by Gasteiger charge is 2.12. The van der Waals surface area contributed by atoms with E-state index in [1.807, 2.05) is 42.5 Å². The topological polar surface area (TPSA) is 47.6 Å². The molecule has 2 aromatic rings. The Balaban J connectivity index is 1.62. The third kappa shape index (κ3) is 3.65. The van der Waals surface area contributed by atoms with Crippen molar-refractivity contribution in [2.24, 2.45) is 0 Å². The van der Waals surface area contributed by atoms with Gasteiger partial charge in [-0.3, -0.25) is 4.79 Å². The molecule has 0 fully saturated rings. The second kappa shape index (κ2) is 6.73. The normalized spacial score (nSPS) is 13.0. The van der Waals surface area contributed by atoms with Crippen molar-refractivity contribution in [1.29, 1.82) is 0 Å². The van der Waals surface area contributed by atoms with Crippen molar-refractivity contribution in [3.05, 3.63) is 59.2 Å². The molecule has 2 aromatic carbocycles. The lowest BCUT2D eigenvalue weighted by Crippen LogP contribution is -2.23. The summed E-state index contributed by atoms with van der Waals surface area (Å²) in [5, 5.41) is 2.94. The minimum Gasteiger partial charge on any atom is -0.486 e. The number of carbonyl (C=O) groups is 1. The Hall–Kier alpha value is -2.49. The van der Waals surface area contributed by atoms with E-state index in [0.717, 1.165) is 17.1 Å². The molecule has 4 nitrogen and oxygen atoms in total. The van der Waals surface area contributed by atoms with Gasteiger partial charge >= 0.3 is 0 Å². The summed E-state index contributed by atoms with van der Waals surface area (Å²) in [6, 6.07) is 13.5. The molecular formula is C19H21NO3. The fraction of sp³-hybridized carbons (Fsp3) is 0.316. The van der Waals surface area contributed by atoms with Gasteiger partial charge in [-0.2, -0.15) is 0 Å². The molecule has 1 heterocycles. The predicted molar refractivity (Wildman–Crippen MR) is 89.1 cm³/mol. The first-order valence-electron chi connectivity index (χ1n) is 7.90. The first-order chi connectivity index (χ1) is 11.1. The summed E-state index contributed by atoms with van der Waals surface area (Å²) in [6.07, 6.45) is 0. The first-order valence-corrected chi connectivity index (χ1v) is 7.90. The highest BCUT2D eigenvalue weighted by atomic mass is 16.6. The van der Waals surface area contributed by atoms with Gasteiger partial charge in [0, 0.05) is 12.1 Å². The maximum atomic E-state index is 12.2. The Morgan fingerprint density at radius 1 is 1.04 bits per heavy atom. The third-order valence-corrected chi connectivity index (χ3v) is 3.90. The molecule has 0 aliphatic carbocycles. The van der Waals surface area contributed by atoms with Crippen LogP contribution in [0, 0.1) is 0 Å². The molecule has 0 aromatic heterocycles. The van der Waals surface area contributed by atoms with E-state index < -0.39 is 0 Å². The predicted octanol–water partition coefficient (Wildman–Crippen LogP) is 3.51. The Labute approximate surface area is 136 Å². The van der Waals surface area contributed by atoms with Gasteiger partial charge in [0.1, 0.15) is 13.2 Å². The van der Waals surface area contributed by atoms with Crippen molar-refractivity contribution in [3.63, 3.8) is 0 Å². The molecule has 1 N–H and O–H groups in total. The maximum Gasteiger partial charge on any atom is 0.251 e. The average molecular weight is 311 g/mol. The van der Waals surface area contributed by atoms with E-state index in [9.17, 15) is 4.79 Å². The monoisotopic (exact) mass is 311 g/mol. The van der Waals surface area contributed by atoms with Gasteiger partial charge in [0.15, 0.2) is 11.5 Å². The Morgan fingerprint density at radius 3 is 2.43 bits per heavy atom. The molecule has 0 spiro atoms. The molecular weight excluding hydrogens is 290 g/mol. The molecule has 1 aliphatic heterocycles. The van der Waals surface area contributed by atoms with Gasteiger partial charge in [0.05, 0.1) is 0 Å². The number of benzene rings is 2. The Morgan fingerprint density at radius 2 is 1.74 bits per heavy atom. The molecule has 0 atom stereocenters. The van der Waals surface area contributed by atoms with Crippen molar-refractivity contribution in [1.82, 2.24) is 5.32 Å². The van der Waals surface area contributed by atoms with E-state index in [4.69, 9.17) is 9.47 Å². The van der Waals surface area contributed by atoms with Crippen LogP contribution in [0.1, 0.15) is 41.3 Å².